The standard InChI is InChI=1S/C19H14N4O/c24-19-15-8-4-5-9-16(15)21-18(22-19)10-11-23-12-17(20-13-23)14-6-2-1-3-7-14/h1-13H,(H,21,22,24)/b11-10+. The Balaban J connectivity index is 1.64. The van der Waals surface area contributed by atoms with Gasteiger partial charge in [0.15, 0.2) is 0 Å². The van der Waals surface area contributed by atoms with Crippen molar-refractivity contribution in [1.29, 1.82) is 0 Å². The monoisotopic (exact) mass is 314 g/mol. The molecule has 0 unspecified atom stereocenters. The second-order valence-electron chi connectivity index (χ2n) is 5.36. The minimum absolute atomic E-state index is 0.143. The van der Waals surface area contributed by atoms with Crippen molar-refractivity contribution >= 4 is 23.2 Å². The number of aromatic nitrogens is 4. The number of benzene rings is 2. The fourth-order valence-corrected chi connectivity index (χ4v) is 2.52. The molecule has 1 N–H and O–H groups in total. The van der Waals surface area contributed by atoms with E-state index in [0.717, 1.165) is 11.3 Å². The Labute approximate surface area is 138 Å². The summed E-state index contributed by atoms with van der Waals surface area (Å²) in [4.78, 5) is 23.6. The summed E-state index contributed by atoms with van der Waals surface area (Å²) < 4.78 is 1.83. The summed E-state index contributed by atoms with van der Waals surface area (Å²) >= 11 is 0. The van der Waals surface area contributed by atoms with Crippen molar-refractivity contribution < 1.29 is 0 Å². The van der Waals surface area contributed by atoms with Gasteiger partial charge in [-0.1, -0.05) is 42.5 Å². The summed E-state index contributed by atoms with van der Waals surface area (Å²) in [5.74, 6) is 0.508. The molecule has 0 saturated carbocycles. The predicted octanol–water partition coefficient (Wildman–Crippen LogP) is 3.41. The molecule has 0 atom stereocenters. The topological polar surface area (TPSA) is 63.6 Å². The first-order valence-corrected chi connectivity index (χ1v) is 7.56. The van der Waals surface area contributed by atoms with E-state index in [0.29, 0.717) is 16.7 Å². The number of imidazole rings is 1. The lowest BCUT2D eigenvalue weighted by molar-refractivity contribution is 1.12. The number of H-pyrrole nitrogens is 1. The van der Waals surface area contributed by atoms with E-state index in [1.165, 1.54) is 0 Å². The maximum Gasteiger partial charge on any atom is 0.259 e. The number of hydrogen-bond acceptors (Lipinski definition) is 3. The van der Waals surface area contributed by atoms with Gasteiger partial charge in [-0.2, -0.15) is 0 Å². The van der Waals surface area contributed by atoms with Crippen LogP contribution < -0.4 is 5.56 Å². The zero-order valence-electron chi connectivity index (χ0n) is 12.8. The van der Waals surface area contributed by atoms with Gasteiger partial charge in [-0.05, 0) is 18.2 Å². The molecule has 0 amide bonds. The second kappa shape index (κ2) is 5.96. The van der Waals surface area contributed by atoms with Crippen LogP contribution in [-0.4, -0.2) is 19.5 Å². The van der Waals surface area contributed by atoms with Crippen LogP contribution in [0.25, 0.3) is 34.4 Å². The van der Waals surface area contributed by atoms with Gasteiger partial charge < -0.3 is 9.55 Å². The Kier molecular flexibility index (Phi) is 3.51. The maximum absolute atomic E-state index is 12.1. The summed E-state index contributed by atoms with van der Waals surface area (Å²) in [6, 6.07) is 17.2. The number of nitrogens with one attached hydrogen (secondary N) is 1. The highest BCUT2D eigenvalue weighted by molar-refractivity contribution is 5.78. The van der Waals surface area contributed by atoms with Crippen molar-refractivity contribution in [2.75, 3.05) is 0 Å². The number of fused-ring (bicyclic) bond motifs is 1. The Morgan fingerprint density at radius 3 is 2.67 bits per heavy atom. The van der Waals surface area contributed by atoms with Gasteiger partial charge in [0.05, 0.1) is 22.9 Å². The van der Waals surface area contributed by atoms with E-state index in [9.17, 15) is 4.79 Å². The first kappa shape index (κ1) is 14.1. The van der Waals surface area contributed by atoms with Crippen molar-refractivity contribution in [2.24, 2.45) is 0 Å². The molecule has 0 aliphatic heterocycles. The molecule has 0 aliphatic carbocycles. The van der Waals surface area contributed by atoms with Gasteiger partial charge in [0.1, 0.15) is 5.82 Å². The Morgan fingerprint density at radius 2 is 1.79 bits per heavy atom. The van der Waals surface area contributed by atoms with Gasteiger partial charge in [0, 0.05) is 18.0 Å². The molecule has 0 spiro atoms. The summed E-state index contributed by atoms with van der Waals surface area (Å²) in [6.07, 6.45) is 7.21. The Morgan fingerprint density at radius 1 is 1.00 bits per heavy atom. The largest absolute Gasteiger partial charge is 0.312 e. The molecular weight excluding hydrogens is 300 g/mol. The molecule has 4 aromatic rings. The number of rotatable bonds is 3. The van der Waals surface area contributed by atoms with Gasteiger partial charge in [-0.3, -0.25) is 4.79 Å². The highest BCUT2D eigenvalue weighted by Gasteiger charge is 2.02. The third-order valence-corrected chi connectivity index (χ3v) is 3.71. The zero-order chi connectivity index (χ0) is 16.4. The molecule has 0 aliphatic rings. The number of hydrogen-bond donors (Lipinski definition) is 1. The van der Waals surface area contributed by atoms with E-state index in [1.54, 1.807) is 18.5 Å². The van der Waals surface area contributed by atoms with Crippen LogP contribution in [0.1, 0.15) is 5.82 Å². The van der Waals surface area contributed by atoms with Crippen LogP contribution in [0.5, 0.6) is 0 Å². The average molecular weight is 314 g/mol. The molecule has 116 valence electrons. The van der Waals surface area contributed by atoms with Crippen molar-refractivity contribution in [2.45, 2.75) is 0 Å². The van der Waals surface area contributed by atoms with E-state index < -0.39 is 0 Å². The molecule has 5 nitrogen and oxygen atoms in total. The molecule has 4 rings (SSSR count). The molecule has 0 saturated heterocycles. The quantitative estimate of drug-likeness (QED) is 0.630. The smallest absolute Gasteiger partial charge is 0.259 e. The van der Waals surface area contributed by atoms with E-state index in [-0.39, 0.29) is 5.56 Å². The van der Waals surface area contributed by atoms with Crippen molar-refractivity contribution in [3.8, 4) is 11.3 Å². The molecule has 24 heavy (non-hydrogen) atoms. The number of para-hydroxylation sites is 1. The summed E-state index contributed by atoms with van der Waals surface area (Å²) in [5.41, 5.74) is 2.48. The number of aromatic amines is 1. The van der Waals surface area contributed by atoms with Crippen LogP contribution in [0.4, 0.5) is 0 Å². The van der Waals surface area contributed by atoms with Crippen LogP contribution in [0.2, 0.25) is 0 Å². The molecule has 0 radical (unpaired) electrons. The van der Waals surface area contributed by atoms with Gasteiger partial charge in [-0.15, -0.1) is 0 Å². The van der Waals surface area contributed by atoms with Crippen LogP contribution in [-0.2, 0) is 0 Å². The highest BCUT2D eigenvalue weighted by atomic mass is 16.1. The molecular formula is C19H14N4O. The molecule has 5 heteroatoms. The van der Waals surface area contributed by atoms with Crippen LogP contribution in [0, 0.1) is 0 Å². The SMILES string of the molecule is O=c1[nH]c(/C=C/n2cnc(-c3ccccc3)c2)nc2ccccc12. The third-order valence-electron chi connectivity index (χ3n) is 3.71. The summed E-state index contributed by atoms with van der Waals surface area (Å²) in [6.45, 7) is 0. The first-order valence-electron chi connectivity index (χ1n) is 7.56. The van der Waals surface area contributed by atoms with Gasteiger partial charge >= 0.3 is 0 Å². The first-order chi connectivity index (χ1) is 11.8. The maximum atomic E-state index is 12.1. The number of nitrogens with zero attached hydrogens (tertiary/aromatic N) is 3. The molecule has 2 aromatic heterocycles. The molecule has 0 bridgehead atoms. The summed E-state index contributed by atoms with van der Waals surface area (Å²) in [7, 11) is 0. The zero-order valence-corrected chi connectivity index (χ0v) is 12.8. The van der Waals surface area contributed by atoms with Crippen LogP contribution in [0.3, 0.4) is 0 Å². The molecule has 0 fully saturated rings. The van der Waals surface area contributed by atoms with Gasteiger partial charge in [0.2, 0.25) is 0 Å². The van der Waals surface area contributed by atoms with E-state index >= 15 is 0 Å². The minimum Gasteiger partial charge on any atom is -0.312 e. The Bertz CT molecular complexity index is 1080. The summed E-state index contributed by atoms with van der Waals surface area (Å²) in [5, 5.41) is 0.587. The third kappa shape index (κ3) is 2.75. The fourth-order valence-electron chi connectivity index (χ4n) is 2.52. The lowest BCUT2D eigenvalue weighted by Gasteiger charge is -1.98. The molecule has 2 heterocycles. The lowest BCUT2D eigenvalue weighted by Crippen LogP contribution is -2.09. The van der Waals surface area contributed by atoms with E-state index in [2.05, 4.69) is 15.0 Å². The van der Waals surface area contributed by atoms with Crippen LogP contribution >= 0.6 is 0 Å². The Hall–Kier alpha value is -3.47. The highest BCUT2D eigenvalue weighted by Crippen LogP contribution is 2.16. The molecule has 2 aromatic carbocycles. The van der Waals surface area contributed by atoms with Crippen LogP contribution in [0.15, 0.2) is 71.9 Å². The van der Waals surface area contributed by atoms with E-state index in [1.807, 2.05) is 65.5 Å². The second-order valence-corrected chi connectivity index (χ2v) is 5.36. The lowest BCUT2D eigenvalue weighted by atomic mass is 10.2. The minimum atomic E-state index is -0.143. The van der Waals surface area contributed by atoms with Crippen molar-refractivity contribution in [1.82, 2.24) is 19.5 Å². The van der Waals surface area contributed by atoms with Crippen molar-refractivity contribution in [3.63, 3.8) is 0 Å². The van der Waals surface area contributed by atoms with E-state index in [4.69, 9.17) is 0 Å². The van der Waals surface area contributed by atoms with Gasteiger partial charge in [-0.25, -0.2) is 9.97 Å². The average Bonchev–Trinajstić information content (AvgIpc) is 3.10. The normalized spacial score (nSPS) is 11.3. The van der Waals surface area contributed by atoms with Crippen molar-refractivity contribution in [3.05, 3.63) is 83.3 Å². The fraction of sp³-hybridized carbons (Fsp3) is 0. The predicted molar refractivity (Wildman–Crippen MR) is 95.3 cm³/mol. The van der Waals surface area contributed by atoms with Gasteiger partial charge in [0.25, 0.3) is 5.56 Å².